The van der Waals surface area contributed by atoms with Gasteiger partial charge in [-0.25, -0.2) is 4.79 Å². The molecule has 0 aromatic heterocycles. The van der Waals surface area contributed by atoms with E-state index in [2.05, 4.69) is 10.6 Å². The molecule has 0 fully saturated rings. The van der Waals surface area contributed by atoms with Crippen LogP contribution in [0.4, 0.5) is 11.4 Å². The first-order valence-electron chi connectivity index (χ1n) is 7.92. The van der Waals surface area contributed by atoms with Gasteiger partial charge in [0, 0.05) is 11.8 Å². The van der Waals surface area contributed by atoms with E-state index in [0.717, 1.165) is 0 Å². The van der Waals surface area contributed by atoms with Gasteiger partial charge in [0.1, 0.15) is 11.5 Å². The average Bonchev–Trinajstić information content (AvgIpc) is 2.62. The van der Waals surface area contributed by atoms with Crippen molar-refractivity contribution < 1.29 is 29.0 Å². The molecule has 140 valence electrons. The predicted molar refractivity (Wildman–Crippen MR) is 98.3 cm³/mol. The maximum atomic E-state index is 12.5. The molecule has 0 saturated carbocycles. The summed E-state index contributed by atoms with van der Waals surface area (Å²) in [7, 11) is 1.39. The molecule has 3 N–H and O–H groups in total. The van der Waals surface area contributed by atoms with Gasteiger partial charge >= 0.3 is 5.97 Å². The van der Waals surface area contributed by atoms with E-state index in [1.807, 2.05) is 0 Å². The average molecular weight is 370 g/mol. The van der Waals surface area contributed by atoms with Crippen molar-refractivity contribution in [2.75, 3.05) is 17.7 Å². The number of methoxy groups -OCH3 is 1. The Morgan fingerprint density at radius 1 is 1.00 bits per heavy atom. The van der Waals surface area contributed by atoms with Crippen molar-refractivity contribution >= 4 is 34.9 Å². The van der Waals surface area contributed by atoms with Crippen LogP contribution in [0.25, 0.3) is 0 Å². The Morgan fingerprint density at radius 3 is 2.26 bits per heavy atom. The Labute approximate surface area is 155 Å². The van der Waals surface area contributed by atoms with Crippen LogP contribution in [0.3, 0.4) is 0 Å². The molecule has 0 aliphatic carbocycles. The molecule has 2 amide bonds. The van der Waals surface area contributed by atoms with Crippen molar-refractivity contribution in [3.05, 3.63) is 53.6 Å². The van der Waals surface area contributed by atoms with Gasteiger partial charge in [0.15, 0.2) is 0 Å². The minimum absolute atomic E-state index is 0.00545. The SMILES string of the molecule is COc1cc(NC(=O)CC(C)=O)ccc1NC(=O)c1ccccc1C(=O)O. The lowest BCUT2D eigenvalue weighted by Gasteiger charge is -2.13. The molecule has 0 saturated heterocycles. The van der Waals surface area contributed by atoms with Gasteiger partial charge in [-0.05, 0) is 31.2 Å². The smallest absolute Gasteiger partial charge is 0.336 e. The highest BCUT2D eigenvalue weighted by Crippen LogP contribution is 2.28. The molecule has 0 atom stereocenters. The van der Waals surface area contributed by atoms with Gasteiger partial charge in [0.2, 0.25) is 5.91 Å². The number of benzene rings is 2. The van der Waals surface area contributed by atoms with Crippen molar-refractivity contribution in [2.24, 2.45) is 0 Å². The minimum Gasteiger partial charge on any atom is -0.494 e. The number of carbonyl (C=O) groups is 4. The number of nitrogens with one attached hydrogen (secondary N) is 2. The van der Waals surface area contributed by atoms with Crippen LogP contribution < -0.4 is 15.4 Å². The Kier molecular flexibility index (Phi) is 6.27. The number of amides is 2. The zero-order valence-corrected chi connectivity index (χ0v) is 14.7. The maximum Gasteiger partial charge on any atom is 0.336 e. The predicted octanol–water partition coefficient (Wildman–Crippen LogP) is 2.56. The number of carbonyl (C=O) groups excluding carboxylic acids is 3. The highest BCUT2D eigenvalue weighted by molar-refractivity contribution is 6.11. The summed E-state index contributed by atoms with van der Waals surface area (Å²) in [5, 5.41) is 14.3. The lowest BCUT2D eigenvalue weighted by molar-refractivity contribution is -0.124. The molecule has 8 heteroatoms. The van der Waals surface area contributed by atoms with Crippen LogP contribution in [0.5, 0.6) is 5.75 Å². The third-order valence-corrected chi connectivity index (χ3v) is 3.55. The fourth-order valence-corrected chi connectivity index (χ4v) is 2.36. The summed E-state index contributed by atoms with van der Waals surface area (Å²) in [6.45, 7) is 1.31. The Bertz CT molecular complexity index is 907. The summed E-state index contributed by atoms with van der Waals surface area (Å²) in [6.07, 6.45) is -0.243. The van der Waals surface area contributed by atoms with Gasteiger partial charge in [0.05, 0.1) is 30.3 Å². The highest BCUT2D eigenvalue weighted by atomic mass is 16.5. The van der Waals surface area contributed by atoms with Crippen LogP contribution in [0, 0.1) is 0 Å². The zero-order valence-electron chi connectivity index (χ0n) is 14.7. The second-order valence-corrected chi connectivity index (χ2v) is 5.65. The number of ether oxygens (including phenoxy) is 1. The standard InChI is InChI=1S/C19H18N2O6/c1-11(22)9-17(23)20-12-7-8-15(16(10-12)27-2)21-18(24)13-5-3-4-6-14(13)19(25)26/h3-8,10H,9H2,1-2H3,(H,20,23)(H,21,24)(H,25,26). The zero-order chi connectivity index (χ0) is 20.0. The summed E-state index contributed by atoms with van der Waals surface area (Å²) in [5.41, 5.74) is 0.572. The summed E-state index contributed by atoms with van der Waals surface area (Å²) in [6, 6.07) is 10.3. The third-order valence-electron chi connectivity index (χ3n) is 3.55. The van der Waals surface area contributed by atoms with E-state index in [1.165, 1.54) is 50.4 Å². The second-order valence-electron chi connectivity index (χ2n) is 5.65. The number of aromatic carboxylic acids is 1. The molecule has 0 unspecified atom stereocenters. The minimum atomic E-state index is -1.21. The molecule has 8 nitrogen and oxygen atoms in total. The molecule has 27 heavy (non-hydrogen) atoms. The maximum absolute atomic E-state index is 12.5. The number of rotatable bonds is 7. The first-order valence-corrected chi connectivity index (χ1v) is 7.92. The van der Waals surface area contributed by atoms with Crippen molar-refractivity contribution in [3.63, 3.8) is 0 Å². The van der Waals surface area contributed by atoms with Crippen molar-refractivity contribution in [2.45, 2.75) is 13.3 Å². The van der Waals surface area contributed by atoms with Crippen LogP contribution in [0.1, 0.15) is 34.1 Å². The first-order chi connectivity index (χ1) is 12.8. The fourth-order valence-electron chi connectivity index (χ4n) is 2.36. The Morgan fingerprint density at radius 2 is 1.67 bits per heavy atom. The van der Waals surface area contributed by atoms with Crippen LogP contribution >= 0.6 is 0 Å². The van der Waals surface area contributed by atoms with Gasteiger partial charge < -0.3 is 20.5 Å². The normalized spacial score (nSPS) is 10.0. The molecule has 0 spiro atoms. The number of anilines is 2. The van der Waals surface area contributed by atoms with E-state index in [9.17, 15) is 24.3 Å². The molecule has 0 aliphatic heterocycles. The number of hydrogen-bond acceptors (Lipinski definition) is 5. The van der Waals surface area contributed by atoms with E-state index in [-0.39, 0.29) is 29.1 Å². The van der Waals surface area contributed by atoms with Crippen molar-refractivity contribution in [3.8, 4) is 5.75 Å². The molecule has 2 aromatic rings. The molecular weight excluding hydrogens is 352 g/mol. The Balaban J connectivity index is 2.22. The molecule has 0 heterocycles. The number of carboxylic acid groups (broad SMARTS) is 1. The number of carboxylic acids is 1. The van der Waals surface area contributed by atoms with Crippen LogP contribution in [-0.4, -0.2) is 35.8 Å². The van der Waals surface area contributed by atoms with E-state index in [1.54, 1.807) is 6.07 Å². The topological polar surface area (TPSA) is 122 Å². The summed E-state index contributed by atoms with van der Waals surface area (Å²) >= 11 is 0. The highest BCUT2D eigenvalue weighted by Gasteiger charge is 2.17. The molecular formula is C19H18N2O6. The summed E-state index contributed by atoms with van der Waals surface area (Å²) < 4.78 is 5.21. The molecule has 0 radical (unpaired) electrons. The van der Waals surface area contributed by atoms with Crippen molar-refractivity contribution in [1.29, 1.82) is 0 Å². The van der Waals surface area contributed by atoms with Gasteiger partial charge in [-0.15, -0.1) is 0 Å². The fraction of sp³-hybridized carbons (Fsp3) is 0.158. The van der Waals surface area contributed by atoms with Gasteiger partial charge in [0.25, 0.3) is 5.91 Å². The van der Waals surface area contributed by atoms with Gasteiger partial charge in [-0.1, -0.05) is 12.1 Å². The molecule has 0 aliphatic rings. The first kappa shape index (κ1) is 19.6. The number of hydrogen-bond donors (Lipinski definition) is 3. The number of Topliss-reactive ketones (excluding diaryl/α,β-unsaturated/α-hetero) is 1. The van der Waals surface area contributed by atoms with E-state index in [0.29, 0.717) is 11.4 Å². The molecule has 0 bridgehead atoms. The summed E-state index contributed by atoms with van der Waals surface area (Å²) in [5.74, 6) is -2.29. The van der Waals surface area contributed by atoms with Gasteiger partial charge in [-0.3, -0.25) is 14.4 Å². The second kappa shape index (κ2) is 8.61. The monoisotopic (exact) mass is 370 g/mol. The lowest BCUT2D eigenvalue weighted by Crippen LogP contribution is -2.17. The van der Waals surface area contributed by atoms with E-state index < -0.39 is 17.8 Å². The lowest BCUT2D eigenvalue weighted by atomic mass is 10.1. The number of ketones is 1. The van der Waals surface area contributed by atoms with Gasteiger partial charge in [-0.2, -0.15) is 0 Å². The van der Waals surface area contributed by atoms with Crippen molar-refractivity contribution in [1.82, 2.24) is 0 Å². The van der Waals surface area contributed by atoms with Crippen LogP contribution in [0.2, 0.25) is 0 Å². The third kappa shape index (κ3) is 5.15. The quantitative estimate of drug-likeness (QED) is 0.644. The van der Waals surface area contributed by atoms with E-state index >= 15 is 0 Å². The molecule has 2 aromatic carbocycles. The molecule has 2 rings (SSSR count). The van der Waals surface area contributed by atoms with Crippen LogP contribution in [0.15, 0.2) is 42.5 Å². The van der Waals surface area contributed by atoms with E-state index in [4.69, 9.17) is 4.74 Å². The largest absolute Gasteiger partial charge is 0.494 e. The van der Waals surface area contributed by atoms with Crippen LogP contribution in [-0.2, 0) is 9.59 Å². The summed E-state index contributed by atoms with van der Waals surface area (Å²) in [4.78, 5) is 46.4. The Hall–Kier alpha value is -3.68.